The number of benzene rings is 2. The van der Waals surface area contributed by atoms with Crippen molar-refractivity contribution in [3.8, 4) is 5.75 Å². The normalized spacial score (nSPS) is 18.5. The monoisotopic (exact) mass is 443 g/mol. The Morgan fingerprint density at radius 1 is 0.970 bits per heavy atom. The van der Waals surface area contributed by atoms with Gasteiger partial charge in [-0.15, -0.1) is 0 Å². The Morgan fingerprint density at radius 3 is 2.67 bits per heavy atom. The van der Waals surface area contributed by atoms with Crippen LogP contribution < -0.4 is 20.2 Å². The molecule has 2 aliphatic rings. The molecule has 6 nitrogen and oxygen atoms in total. The largest absolute Gasteiger partial charge is 0.497 e. The molecule has 0 saturated carbocycles. The van der Waals surface area contributed by atoms with Gasteiger partial charge in [0.1, 0.15) is 17.7 Å². The van der Waals surface area contributed by atoms with E-state index in [-0.39, 0.29) is 6.17 Å². The second-order valence-corrected chi connectivity index (χ2v) is 9.02. The number of hydrogen-bond donors (Lipinski definition) is 0. The fourth-order valence-corrected chi connectivity index (χ4v) is 4.80. The van der Waals surface area contributed by atoms with E-state index in [0.29, 0.717) is 0 Å². The van der Waals surface area contributed by atoms with Gasteiger partial charge in [-0.25, -0.2) is 4.98 Å². The summed E-state index contributed by atoms with van der Waals surface area (Å²) in [6.45, 7) is 5.45. The van der Waals surface area contributed by atoms with Gasteiger partial charge in [0.05, 0.1) is 18.0 Å². The third-order valence-electron chi connectivity index (χ3n) is 6.80. The van der Waals surface area contributed by atoms with Gasteiger partial charge >= 0.3 is 0 Å². The van der Waals surface area contributed by atoms with Crippen molar-refractivity contribution in [1.29, 1.82) is 0 Å². The second kappa shape index (κ2) is 9.79. The topological polar surface area (TPSA) is 44.2 Å². The first-order chi connectivity index (χ1) is 16.2. The standard InChI is InChI=1S/C27H33N5O/c1-30-20-22-19-23(33-2)11-12-25(22)28-26(30)9-5-6-14-31-15-17-32(18-16-31)27-13-10-21-7-3-4-8-24(21)29-27/h3-4,7-8,10-13,19-20,26H,5-6,9,14-18H2,1-2H3. The molecule has 0 spiro atoms. The van der Waals surface area contributed by atoms with Crippen LogP contribution in [0.15, 0.2) is 59.6 Å². The summed E-state index contributed by atoms with van der Waals surface area (Å²) in [5, 5.41) is 3.40. The number of unbranched alkanes of at least 4 members (excludes halogenated alkanes) is 1. The van der Waals surface area contributed by atoms with Gasteiger partial charge < -0.3 is 14.5 Å². The molecule has 1 aromatic heterocycles. The van der Waals surface area contributed by atoms with Crippen molar-refractivity contribution in [1.82, 2.24) is 14.8 Å². The van der Waals surface area contributed by atoms with Crippen LogP contribution in [0.2, 0.25) is 0 Å². The first-order valence-corrected chi connectivity index (χ1v) is 12.0. The Morgan fingerprint density at radius 2 is 1.82 bits per heavy atom. The molecule has 172 valence electrons. The van der Waals surface area contributed by atoms with E-state index in [0.717, 1.165) is 66.8 Å². The highest BCUT2D eigenvalue weighted by molar-refractivity contribution is 5.80. The van der Waals surface area contributed by atoms with Crippen molar-refractivity contribution >= 4 is 22.9 Å². The number of hydrogen-bond acceptors (Lipinski definition) is 6. The predicted molar refractivity (Wildman–Crippen MR) is 134 cm³/mol. The lowest BCUT2D eigenvalue weighted by atomic mass is 10.1. The number of rotatable bonds is 7. The number of nitrogens with zero attached hydrogens (tertiary/aromatic N) is 5. The zero-order chi connectivity index (χ0) is 22.6. The molecule has 1 atom stereocenters. The van der Waals surface area contributed by atoms with Gasteiger partial charge in [0.2, 0.25) is 0 Å². The van der Waals surface area contributed by atoms with Crippen LogP contribution in [0.3, 0.4) is 0 Å². The van der Waals surface area contributed by atoms with E-state index in [2.05, 4.69) is 76.5 Å². The molecule has 1 unspecified atom stereocenters. The van der Waals surface area contributed by atoms with Crippen molar-refractivity contribution in [2.75, 3.05) is 51.8 Å². The molecule has 2 aliphatic heterocycles. The molecule has 6 heteroatoms. The lowest BCUT2D eigenvalue weighted by Crippen LogP contribution is -2.47. The minimum Gasteiger partial charge on any atom is -0.497 e. The SMILES string of the molecule is COc1ccc2c(c1)=CN(C)C(CCCCN1CCN(c3ccc4ccccc4n3)CC1)N=2. The van der Waals surface area contributed by atoms with Crippen LogP contribution in [-0.2, 0) is 0 Å². The first kappa shape index (κ1) is 21.7. The third kappa shape index (κ3) is 4.96. The summed E-state index contributed by atoms with van der Waals surface area (Å²) in [6, 6.07) is 18.8. The van der Waals surface area contributed by atoms with Crippen LogP contribution >= 0.6 is 0 Å². The van der Waals surface area contributed by atoms with Crippen molar-refractivity contribution in [3.63, 3.8) is 0 Å². The summed E-state index contributed by atoms with van der Waals surface area (Å²) in [4.78, 5) is 17.1. The molecule has 5 rings (SSSR count). The van der Waals surface area contributed by atoms with Crippen molar-refractivity contribution in [2.24, 2.45) is 4.99 Å². The molecule has 1 saturated heterocycles. The summed E-state index contributed by atoms with van der Waals surface area (Å²) in [6.07, 6.45) is 5.89. The Labute approximate surface area is 195 Å². The lowest BCUT2D eigenvalue weighted by Gasteiger charge is -2.35. The van der Waals surface area contributed by atoms with Crippen LogP contribution in [0, 0.1) is 0 Å². The molecular formula is C27H33N5O. The number of anilines is 1. The molecule has 0 N–H and O–H groups in total. The van der Waals surface area contributed by atoms with Crippen molar-refractivity contribution < 1.29 is 4.74 Å². The number of para-hydroxylation sites is 1. The maximum Gasteiger partial charge on any atom is 0.129 e. The first-order valence-electron chi connectivity index (χ1n) is 12.0. The molecule has 1 fully saturated rings. The van der Waals surface area contributed by atoms with Gasteiger partial charge in [0, 0.05) is 50.0 Å². The van der Waals surface area contributed by atoms with E-state index in [1.807, 2.05) is 6.07 Å². The molecule has 0 aliphatic carbocycles. The zero-order valence-corrected chi connectivity index (χ0v) is 19.7. The van der Waals surface area contributed by atoms with E-state index in [1.165, 1.54) is 18.2 Å². The van der Waals surface area contributed by atoms with Crippen LogP contribution in [0.1, 0.15) is 19.3 Å². The summed E-state index contributed by atoms with van der Waals surface area (Å²) in [7, 11) is 3.82. The Balaban J connectivity index is 1.08. The van der Waals surface area contributed by atoms with E-state index >= 15 is 0 Å². The number of fused-ring (bicyclic) bond motifs is 2. The van der Waals surface area contributed by atoms with E-state index in [9.17, 15) is 0 Å². The third-order valence-corrected chi connectivity index (χ3v) is 6.80. The molecular weight excluding hydrogens is 410 g/mol. The van der Waals surface area contributed by atoms with Crippen LogP contribution in [0.5, 0.6) is 5.75 Å². The highest BCUT2D eigenvalue weighted by Crippen LogP contribution is 2.19. The van der Waals surface area contributed by atoms with E-state index in [4.69, 9.17) is 14.7 Å². The second-order valence-electron chi connectivity index (χ2n) is 9.02. The number of aromatic nitrogens is 1. The quantitative estimate of drug-likeness (QED) is 0.526. The fraction of sp³-hybridized carbons (Fsp3) is 0.407. The molecule has 0 bridgehead atoms. The lowest BCUT2D eigenvalue weighted by molar-refractivity contribution is 0.245. The molecule has 3 aromatic rings. The highest BCUT2D eigenvalue weighted by atomic mass is 16.5. The Kier molecular flexibility index (Phi) is 6.44. The number of ether oxygens (including phenoxy) is 1. The van der Waals surface area contributed by atoms with Crippen LogP contribution in [-0.4, -0.2) is 67.8 Å². The predicted octanol–water partition coefficient (Wildman–Crippen LogP) is 2.87. The number of piperazine rings is 1. The number of methoxy groups -OCH3 is 1. The van der Waals surface area contributed by atoms with Crippen molar-refractivity contribution in [3.05, 3.63) is 65.2 Å². The molecule has 3 heterocycles. The summed E-state index contributed by atoms with van der Waals surface area (Å²) in [5.41, 5.74) is 1.08. The number of pyridine rings is 1. The maximum absolute atomic E-state index is 5.34. The molecule has 33 heavy (non-hydrogen) atoms. The van der Waals surface area contributed by atoms with Gasteiger partial charge in [-0.3, -0.25) is 9.89 Å². The van der Waals surface area contributed by atoms with E-state index < -0.39 is 0 Å². The van der Waals surface area contributed by atoms with Gasteiger partial charge in [0.25, 0.3) is 0 Å². The maximum atomic E-state index is 5.34. The van der Waals surface area contributed by atoms with E-state index in [1.54, 1.807) is 7.11 Å². The summed E-state index contributed by atoms with van der Waals surface area (Å²) in [5.74, 6) is 1.98. The Hall–Kier alpha value is -3.12. The summed E-state index contributed by atoms with van der Waals surface area (Å²) < 4.78 is 5.34. The van der Waals surface area contributed by atoms with Gasteiger partial charge in [-0.1, -0.05) is 18.2 Å². The van der Waals surface area contributed by atoms with Crippen LogP contribution in [0.4, 0.5) is 5.82 Å². The minimum atomic E-state index is 0.224. The average molecular weight is 444 g/mol. The van der Waals surface area contributed by atoms with Gasteiger partial charge in [-0.2, -0.15) is 0 Å². The van der Waals surface area contributed by atoms with Crippen LogP contribution in [0.25, 0.3) is 17.1 Å². The van der Waals surface area contributed by atoms with Gasteiger partial charge in [-0.05, 0) is 62.2 Å². The van der Waals surface area contributed by atoms with Crippen molar-refractivity contribution in [2.45, 2.75) is 25.4 Å². The smallest absolute Gasteiger partial charge is 0.129 e. The molecule has 0 amide bonds. The average Bonchev–Trinajstić information content (AvgIpc) is 2.86. The zero-order valence-electron chi connectivity index (χ0n) is 19.7. The summed E-state index contributed by atoms with van der Waals surface area (Å²) >= 11 is 0. The molecule has 2 aromatic carbocycles. The van der Waals surface area contributed by atoms with Gasteiger partial charge in [0.15, 0.2) is 0 Å². The minimum absolute atomic E-state index is 0.224. The fourth-order valence-electron chi connectivity index (χ4n) is 4.80. The Bertz CT molecular complexity index is 1220. The molecule has 0 radical (unpaired) electrons. The highest BCUT2D eigenvalue weighted by Gasteiger charge is 2.19.